The lowest BCUT2D eigenvalue weighted by molar-refractivity contribution is 0.103. The number of aromatic nitrogens is 1. The van der Waals surface area contributed by atoms with E-state index in [1.165, 1.54) is 0 Å². The first-order chi connectivity index (χ1) is 12.8. The summed E-state index contributed by atoms with van der Waals surface area (Å²) in [7, 11) is -3.78. The van der Waals surface area contributed by atoms with Crippen molar-refractivity contribution in [3.05, 3.63) is 70.2 Å². The highest BCUT2D eigenvalue weighted by molar-refractivity contribution is 7.93. The van der Waals surface area contributed by atoms with Crippen molar-refractivity contribution in [1.29, 1.82) is 0 Å². The van der Waals surface area contributed by atoms with Crippen LogP contribution >= 0.6 is 11.3 Å². The summed E-state index contributed by atoms with van der Waals surface area (Å²) in [6.07, 6.45) is 0. The highest BCUT2D eigenvalue weighted by atomic mass is 32.2. The van der Waals surface area contributed by atoms with Gasteiger partial charge in [-0.15, -0.1) is 0 Å². The van der Waals surface area contributed by atoms with Crippen LogP contribution in [-0.4, -0.2) is 19.3 Å². The summed E-state index contributed by atoms with van der Waals surface area (Å²) in [6.45, 7) is 5.32. The molecule has 0 atom stereocenters. The Kier molecular flexibility index (Phi) is 5.29. The van der Waals surface area contributed by atoms with Crippen molar-refractivity contribution in [3.63, 3.8) is 0 Å². The lowest BCUT2D eigenvalue weighted by atomic mass is 10.2. The first-order valence-corrected chi connectivity index (χ1v) is 10.5. The third-order valence-corrected chi connectivity index (χ3v) is 6.58. The minimum absolute atomic E-state index is 0.158. The molecule has 0 aliphatic rings. The van der Waals surface area contributed by atoms with Crippen LogP contribution in [0.2, 0.25) is 0 Å². The molecule has 2 N–H and O–H groups in total. The lowest BCUT2D eigenvalue weighted by Crippen LogP contribution is -2.14. The van der Waals surface area contributed by atoms with E-state index < -0.39 is 10.0 Å². The number of nitrogens with one attached hydrogen (secondary N) is 2. The minimum atomic E-state index is -3.78. The first kappa shape index (κ1) is 19.1. The van der Waals surface area contributed by atoms with Gasteiger partial charge in [-0.2, -0.15) is 0 Å². The van der Waals surface area contributed by atoms with Gasteiger partial charge in [-0.05, 0) is 44.5 Å². The molecule has 1 heterocycles. The largest absolute Gasteiger partial charge is 0.321 e. The summed E-state index contributed by atoms with van der Waals surface area (Å²) >= 11 is 1.00. The molecule has 0 saturated heterocycles. The van der Waals surface area contributed by atoms with Gasteiger partial charge in [-0.3, -0.25) is 9.52 Å². The molecular weight excluding hydrogens is 382 g/mol. The van der Waals surface area contributed by atoms with E-state index in [1.54, 1.807) is 44.2 Å². The number of nitrogens with zero attached hydrogens (tertiary/aromatic N) is 1. The summed E-state index contributed by atoms with van der Waals surface area (Å²) in [6, 6.07) is 14.2. The standard InChI is InChI=1S/C19H19N3O3S2/c1-12-9-10-16(13(2)11-12)27(24,25)22-19-20-14(3)17(26-19)18(23)21-15-7-5-4-6-8-15/h4-11H,1-3H3,(H,20,22)(H,21,23). The molecule has 0 radical (unpaired) electrons. The average molecular weight is 402 g/mol. The van der Waals surface area contributed by atoms with Crippen molar-refractivity contribution in [2.75, 3.05) is 10.0 Å². The highest BCUT2D eigenvalue weighted by Gasteiger charge is 2.21. The number of benzene rings is 2. The van der Waals surface area contributed by atoms with Crippen molar-refractivity contribution in [1.82, 2.24) is 4.98 Å². The molecule has 6 nitrogen and oxygen atoms in total. The Hall–Kier alpha value is -2.71. The van der Waals surface area contributed by atoms with Crippen LogP contribution in [-0.2, 0) is 10.0 Å². The molecular formula is C19H19N3O3S2. The Bertz CT molecular complexity index is 1090. The number of carbonyl (C=O) groups excluding carboxylic acids is 1. The van der Waals surface area contributed by atoms with Gasteiger partial charge in [0.25, 0.3) is 15.9 Å². The van der Waals surface area contributed by atoms with Crippen LogP contribution < -0.4 is 10.0 Å². The van der Waals surface area contributed by atoms with Crippen LogP contribution in [0.4, 0.5) is 10.8 Å². The van der Waals surface area contributed by atoms with E-state index in [9.17, 15) is 13.2 Å². The molecule has 27 heavy (non-hydrogen) atoms. The van der Waals surface area contributed by atoms with Gasteiger partial charge in [-0.1, -0.05) is 47.2 Å². The minimum Gasteiger partial charge on any atom is -0.321 e. The van der Waals surface area contributed by atoms with Crippen LogP contribution in [0.25, 0.3) is 0 Å². The fourth-order valence-corrected chi connectivity index (χ4v) is 4.96. The number of thiazole rings is 1. The zero-order valence-corrected chi connectivity index (χ0v) is 16.7. The Balaban J connectivity index is 1.82. The fraction of sp³-hybridized carbons (Fsp3) is 0.158. The SMILES string of the molecule is Cc1ccc(S(=O)(=O)Nc2nc(C)c(C(=O)Nc3ccccc3)s2)c(C)c1. The van der Waals surface area contributed by atoms with Crippen molar-refractivity contribution in [2.24, 2.45) is 0 Å². The lowest BCUT2D eigenvalue weighted by Gasteiger charge is -2.08. The number of sulfonamides is 1. The Morgan fingerprint density at radius 2 is 1.74 bits per heavy atom. The molecule has 3 aromatic rings. The Morgan fingerprint density at radius 1 is 1.04 bits per heavy atom. The van der Waals surface area contributed by atoms with Gasteiger partial charge in [0.1, 0.15) is 4.88 Å². The van der Waals surface area contributed by atoms with Gasteiger partial charge >= 0.3 is 0 Å². The smallest absolute Gasteiger partial charge is 0.267 e. The second-order valence-electron chi connectivity index (χ2n) is 6.13. The molecule has 0 saturated carbocycles. The molecule has 8 heteroatoms. The van der Waals surface area contributed by atoms with Gasteiger partial charge in [-0.25, -0.2) is 13.4 Å². The molecule has 0 bridgehead atoms. The second-order valence-corrected chi connectivity index (χ2v) is 8.78. The number of para-hydroxylation sites is 1. The maximum Gasteiger partial charge on any atom is 0.267 e. The molecule has 0 unspecified atom stereocenters. The summed E-state index contributed by atoms with van der Waals surface area (Å²) in [5.41, 5.74) is 2.76. The highest BCUT2D eigenvalue weighted by Crippen LogP contribution is 2.27. The Labute approximate surface area is 162 Å². The van der Waals surface area contributed by atoms with E-state index in [4.69, 9.17) is 0 Å². The van der Waals surface area contributed by atoms with Gasteiger partial charge in [0.05, 0.1) is 10.6 Å². The second kappa shape index (κ2) is 7.50. The number of amides is 1. The monoisotopic (exact) mass is 401 g/mol. The van der Waals surface area contributed by atoms with Gasteiger partial charge in [0, 0.05) is 5.69 Å². The predicted molar refractivity (Wildman–Crippen MR) is 108 cm³/mol. The van der Waals surface area contributed by atoms with Crippen LogP contribution in [0.3, 0.4) is 0 Å². The average Bonchev–Trinajstić information content (AvgIpc) is 2.95. The molecule has 0 aliphatic carbocycles. The number of aryl methyl sites for hydroxylation is 3. The first-order valence-electron chi connectivity index (χ1n) is 8.20. The van der Waals surface area contributed by atoms with Gasteiger partial charge < -0.3 is 5.32 Å². The maximum absolute atomic E-state index is 12.7. The molecule has 140 valence electrons. The van der Waals surface area contributed by atoms with E-state index in [1.807, 2.05) is 25.1 Å². The molecule has 0 spiro atoms. The summed E-state index contributed by atoms with van der Waals surface area (Å²) in [4.78, 5) is 17.2. The molecule has 0 fully saturated rings. The zero-order chi connectivity index (χ0) is 19.6. The van der Waals surface area contributed by atoms with E-state index in [0.717, 1.165) is 16.9 Å². The molecule has 3 rings (SSSR count). The van der Waals surface area contributed by atoms with Crippen molar-refractivity contribution in [2.45, 2.75) is 25.7 Å². The van der Waals surface area contributed by atoms with Crippen molar-refractivity contribution >= 4 is 38.1 Å². The van der Waals surface area contributed by atoms with Gasteiger partial charge in [0.2, 0.25) is 0 Å². The predicted octanol–water partition coefficient (Wildman–Crippen LogP) is 4.12. The molecule has 1 aromatic heterocycles. The summed E-state index contributed by atoms with van der Waals surface area (Å²) in [5, 5.41) is 2.93. The Morgan fingerprint density at radius 3 is 2.41 bits per heavy atom. The van der Waals surface area contributed by atoms with Crippen molar-refractivity contribution in [3.8, 4) is 0 Å². The molecule has 2 aromatic carbocycles. The van der Waals surface area contributed by atoms with E-state index in [-0.39, 0.29) is 15.9 Å². The van der Waals surface area contributed by atoms with E-state index in [0.29, 0.717) is 21.8 Å². The zero-order valence-electron chi connectivity index (χ0n) is 15.1. The molecule has 0 aliphatic heterocycles. The summed E-state index contributed by atoms with van der Waals surface area (Å²) in [5.74, 6) is -0.326. The van der Waals surface area contributed by atoms with E-state index in [2.05, 4.69) is 15.0 Å². The topological polar surface area (TPSA) is 88.2 Å². The normalized spacial score (nSPS) is 11.2. The third kappa shape index (κ3) is 4.35. The third-order valence-electron chi connectivity index (χ3n) is 3.88. The number of hydrogen-bond donors (Lipinski definition) is 2. The number of hydrogen-bond acceptors (Lipinski definition) is 5. The molecule has 1 amide bonds. The number of anilines is 2. The summed E-state index contributed by atoms with van der Waals surface area (Å²) < 4.78 is 27.8. The number of carbonyl (C=O) groups is 1. The van der Waals surface area contributed by atoms with Crippen LogP contribution in [0.1, 0.15) is 26.5 Å². The van der Waals surface area contributed by atoms with Gasteiger partial charge in [0.15, 0.2) is 5.13 Å². The quantitative estimate of drug-likeness (QED) is 0.673. The van der Waals surface area contributed by atoms with E-state index >= 15 is 0 Å². The van der Waals surface area contributed by atoms with Crippen molar-refractivity contribution < 1.29 is 13.2 Å². The fourth-order valence-electron chi connectivity index (χ4n) is 2.63. The van der Waals surface area contributed by atoms with Crippen LogP contribution in [0.15, 0.2) is 53.4 Å². The van der Waals surface area contributed by atoms with Crippen LogP contribution in [0, 0.1) is 20.8 Å². The van der Waals surface area contributed by atoms with Crippen LogP contribution in [0.5, 0.6) is 0 Å². The number of rotatable bonds is 5. The maximum atomic E-state index is 12.7.